The van der Waals surface area contributed by atoms with Crippen molar-refractivity contribution in [3.05, 3.63) is 35.6 Å². The van der Waals surface area contributed by atoms with Crippen LogP contribution in [0.3, 0.4) is 0 Å². The van der Waals surface area contributed by atoms with Gasteiger partial charge in [-0.15, -0.1) is 0 Å². The van der Waals surface area contributed by atoms with Crippen molar-refractivity contribution in [3.63, 3.8) is 0 Å². The van der Waals surface area contributed by atoms with Gasteiger partial charge in [-0.2, -0.15) is 0 Å². The van der Waals surface area contributed by atoms with Crippen LogP contribution < -0.4 is 5.73 Å². The molecule has 15 heavy (non-hydrogen) atoms. The van der Waals surface area contributed by atoms with E-state index in [0.717, 1.165) is 5.56 Å². The van der Waals surface area contributed by atoms with Crippen LogP contribution in [0.25, 0.3) is 0 Å². The predicted octanol–water partition coefficient (Wildman–Crippen LogP) is 2.12. The van der Waals surface area contributed by atoms with E-state index in [1.807, 2.05) is 13.8 Å². The smallest absolute Gasteiger partial charge is 0.123 e. The van der Waals surface area contributed by atoms with E-state index in [4.69, 9.17) is 10.5 Å². The number of halogens is 1. The van der Waals surface area contributed by atoms with Crippen molar-refractivity contribution < 1.29 is 9.13 Å². The first-order valence-electron chi connectivity index (χ1n) is 5.01. The van der Waals surface area contributed by atoms with E-state index in [2.05, 4.69) is 0 Å². The third kappa shape index (κ3) is 3.29. The largest absolute Gasteiger partial charge is 0.377 e. The van der Waals surface area contributed by atoms with Gasteiger partial charge >= 0.3 is 0 Å². The molecule has 1 atom stereocenters. The predicted molar refractivity (Wildman–Crippen MR) is 59.2 cm³/mol. The third-order valence-electron chi connectivity index (χ3n) is 2.79. The van der Waals surface area contributed by atoms with Crippen LogP contribution in [0.4, 0.5) is 4.39 Å². The normalized spacial score (nSPS) is 13.9. The van der Waals surface area contributed by atoms with Crippen molar-refractivity contribution >= 4 is 0 Å². The molecule has 0 fully saturated rings. The minimum atomic E-state index is -0.367. The van der Waals surface area contributed by atoms with Crippen molar-refractivity contribution in [2.75, 3.05) is 7.11 Å². The number of methoxy groups -OCH3 is 1. The molecule has 0 aromatic heterocycles. The minimum Gasteiger partial charge on any atom is -0.377 e. The zero-order valence-electron chi connectivity index (χ0n) is 9.46. The molecule has 1 unspecified atom stereocenters. The SMILES string of the molecule is COC(C)(C)C(N)Cc1ccc(F)cc1. The zero-order valence-corrected chi connectivity index (χ0v) is 9.46. The molecule has 0 saturated carbocycles. The molecule has 0 aliphatic rings. The van der Waals surface area contributed by atoms with Crippen molar-refractivity contribution in [2.45, 2.75) is 31.9 Å². The Morgan fingerprint density at radius 1 is 1.33 bits per heavy atom. The Hall–Kier alpha value is -0.930. The molecule has 1 rings (SSSR count). The van der Waals surface area contributed by atoms with Crippen LogP contribution in [0.15, 0.2) is 24.3 Å². The van der Waals surface area contributed by atoms with Gasteiger partial charge in [-0.25, -0.2) is 4.39 Å². The highest BCUT2D eigenvalue weighted by Crippen LogP contribution is 2.16. The summed E-state index contributed by atoms with van der Waals surface area (Å²) in [5.41, 5.74) is 6.67. The van der Waals surface area contributed by atoms with E-state index >= 15 is 0 Å². The zero-order chi connectivity index (χ0) is 11.5. The van der Waals surface area contributed by atoms with Crippen LogP contribution in [0.2, 0.25) is 0 Å². The second kappa shape index (κ2) is 4.73. The van der Waals surface area contributed by atoms with Crippen LogP contribution >= 0.6 is 0 Å². The number of hydrogen-bond donors (Lipinski definition) is 1. The molecule has 1 aromatic carbocycles. The Morgan fingerprint density at radius 2 is 1.87 bits per heavy atom. The summed E-state index contributed by atoms with van der Waals surface area (Å²) in [5, 5.41) is 0. The van der Waals surface area contributed by atoms with Crippen LogP contribution in [0.1, 0.15) is 19.4 Å². The van der Waals surface area contributed by atoms with E-state index in [1.54, 1.807) is 19.2 Å². The lowest BCUT2D eigenvalue weighted by Crippen LogP contribution is -2.46. The van der Waals surface area contributed by atoms with Crippen LogP contribution in [0, 0.1) is 5.82 Å². The maximum atomic E-state index is 12.7. The summed E-state index contributed by atoms with van der Waals surface area (Å²) in [7, 11) is 1.64. The summed E-state index contributed by atoms with van der Waals surface area (Å²) < 4.78 is 18.0. The monoisotopic (exact) mass is 211 g/mol. The van der Waals surface area contributed by atoms with Gasteiger partial charge in [-0.3, -0.25) is 0 Å². The average molecular weight is 211 g/mol. The van der Waals surface area contributed by atoms with Crippen molar-refractivity contribution in [3.8, 4) is 0 Å². The molecular weight excluding hydrogens is 193 g/mol. The Bertz CT molecular complexity index is 308. The van der Waals surface area contributed by atoms with Crippen molar-refractivity contribution in [1.29, 1.82) is 0 Å². The minimum absolute atomic E-state index is 0.104. The first-order valence-corrected chi connectivity index (χ1v) is 5.01. The van der Waals surface area contributed by atoms with E-state index < -0.39 is 0 Å². The number of rotatable bonds is 4. The van der Waals surface area contributed by atoms with E-state index in [9.17, 15) is 4.39 Å². The second-order valence-corrected chi connectivity index (χ2v) is 4.24. The van der Waals surface area contributed by atoms with E-state index in [-0.39, 0.29) is 17.5 Å². The molecule has 2 N–H and O–H groups in total. The van der Waals surface area contributed by atoms with Gasteiger partial charge in [-0.1, -0.05) is 12.1 Å². The fourth-order valence-electron chi connectivity index (χ4n) is 1.27. The standard InChI is InChI=1S/C12H18FNO/c1-12(2,15-3)11(14)8-9-4-6-10(13)7-5-9/h4-7,11H,8,14H2,1-3H3. The molecule has 1 aromatic rings. The maximum Gasteiger partial charge on any atom is 0.123 e. The highest BCUT2D eigenvalue weighted by atomic mass is 19.1. The Balaban J connectivity index is 2.66. The lowest BCUT2D eigenvalue weighted by Gasteiger charge is -2.30. The highest BCUT2D eigenvalue weighted by Gasteiger charge is 2.25. The topological polar surface area (TPSA) is 35.2 Å². The molecule has 84 valence electrons. The lowest BCUT2D eigenvalue weighted by atomic mass is 9.93. The summed E-state index contributed by atoms with van der Waals surface area (Å²) in [4.78, 5) is 0. The average Bonchev–Trinajstić information content (AvgIpc) is 2.21. The fraction of sp³-hybridized carbons (Fsp3) is 0.500. The molecule has 0 aliphatic heterocycles. The first-order chi connectivity index (χ1) is 6.95. The summed E-state index contributed by atoms with van der Waals surface area (Å²) in [6, 6.07) is 6.29. The molecule has 0 bridgehead atoms. The molecule has 0 saturated heterocycles. The molecule has 2 nitrogen and oxygen atoms in total. The molecule has 0 spiro atoms. The fourth-order valence-corrected chi connectivity index (χ4v) is 1.27. The number of benzene rings is 1. The Labute approximate surface area is 90.2 Å². The van der Waals surface area contributed by atoms with Crippen LogP contribution in [-0.2, 0) is 11.2 Å². The van der Waals surface area contributed by atoms with Gasteiger partial charge in [0.1, 0.15) is 5.82 Å². The number of hydrogen-bond acceptors (Lipinski definition) is 2. The summed E-state index contributed by atoms with van der Waals surface area (Å²) in [6.07, 6.45) is 0.682. The molecule has 0 aliphatic carbocycles. The van der Waals surface area contributed by atoms with Gasteiger partial charge in [0.15, 0.2) is 0 Å². The molecule has 3 heteroatoms. The highest BCUT2D eigenvalue weighted by molar-refractivity contribution is 5.17. The molecular formula is C12H18FNO. The van der Waals surface area contributed by atoms with Gasteiger partial charge < -0.3 is 10.5 Å². The molecule has 0 heterocycles. The van der Waals surface area contributed by atoms with Crippen molar-refractivity contribution in [2.24, 2.45) is 5.73 Å². The second-order valence-electron chi connectivity index (χ2n) is 4.24. The third-order valence-corrected chi connectivity index (χ3v) is 2.79. The van der Waals surface area contributed by atoms with Gasteiger partial charge in [0, 0.05) is 13.2 Å². The summed E-state index contributed by atoms with van der Waals surface area (Å²) in [6.45, 7) is 3.89. The van der Waals surface area contributed by atoms with Crippen molar-refractivity contribution in [1.82, 2.24) is 0 Å². The molecule has 0 amide bonds. The first kappa shape index (κ1) is 12.1. The number of nitrogens with two attached hydrogens (primary N) is 1. The number of ether oxygens (including phenoxy) is 1. The van der Waals surface area contributed by atoms with Gasteiger partial charge in [0.25, 0.3) is 0 Å². The van der Waals surface area contributed by atoms with Crippen LogP contribution in [0.5, 0.6) is 0 Å². The van der Waals surface area contributed by atoms with Gasteiger partial charge in [0.2, 0.25) is 0 Å². The van der Waals surface area contributed by atoms with Gasteiger partial charge in [-0.05, 0) is 38.0 Å². The lowest BCUT2D eigenvalue weighted by molar-refractivity contribution is 0.000804. The summed E-state index contributed by atoms with van der Waals surface area (Å²) in [5.74, 6) is -0.224. The quantitative estimate of drug-likeness (QED) is 0.828. The van der Waals surface area contributed by atoms with Gasteiger partial charge in [0.05, 0.1) is 5.60 Å². The Morgan fingerprint density at radius 3 is 2.33 bits per heavy atom. The summed E-state index contributed by atoms with van der Waals surface area (Å²) >= 11 is 0. The van der Waals surface area contributed by atoms with E-state index in [0.29, 0.717) is 6.42 Å². The maximum absolute atomic E-state index is 12.7. The Kier molecular flexibility index (Phi) is 3.83. The van der Waals surface area contributed by atoms with Crippen LogP contribution in [-0.4, -0.2) is 18.8 Å². The molecule has 0 radical (unpaired) electrons. The van der Waals surface area contributed by atoms with E-state index in [1.165, 1.54) is 12.1 Å².